The molecule has 0 aliphatic carbocycles. The van der Waals surface area contributed by atoms with E-state index in [1.807, 2.05) is 6.92 Å². The number of ether oxygens (including phenoxy) is 2. The van der Waals surface area contributed by atoms with Gasteiger partial charge < -0.3 is 9.47 Å². The lowest BCUT2D eigenvalue weighted by molar-refractivity contribution is 0.351. The molecule has 0 aliphatic heterocycles. The second kappa shape index (κ2) is 6.80. The maximum atomic E-state index is 13.7. The van der Waals surface area contributed by atoms with Crippen molar-refractivity contribution >= 4 is 0 Å². The van der Waals surface area contributed by atoms with Crippen molar-refractivity contribution in [2.24, 2.45) is 0 Å². The van der Waals surface area contributed by atoms with E-state index in [2.05, 4.69) is 11.8 Å². The number of halogens is 1. The van der Waals surface area contributed by atoms with E-state index in [4.69, 9.17) is 9.47 Å². The Morgan fingerprint density at radius 1 is 1.12 bits per heavy atom. The zero-order valence-corrected chi connectivity index (χ0v) is 10.5. The van der Waals surface area contributed by atoms with Gasteiger partial charge in [-0.1, -0.05) is 6.92 Å². The van der Waals surface area contributed by atoms with Crippen LogP contribution in [0.3, 0.4) is 0 Å². The molecule has 17 heavy (non-hydrogen) atoms. The van der Waals surface area contributed by atoms with Crippen molar-refractivity contribution in [2.75, 3.05) is 14.2 Å². The van der Waals surface area contributed by atoms with E-state index >= 15 is 0 Å². The third kappa shape index (κ3) is 3.67. The monoisotopic (exact) mass is 236 g/mol. The predicted molar refractivity (Wildman–Crippen MR) is 65.9 cm³/mol. The van der Waals surface area contributed by atoms with E-state index in [9.17, 15) is 4.39 Å². The van der Waals surface area contributed by atoms with E-state index < -0.39 is 0 Å². The number of aryl methyl sites for hydroxylation is 1. The molecule has 1 aromatic rings. The normalized spacial score (nSPS) is 9.41. The molecule has 0 spiro atoms. The molecule has 0 saturated carbocycles. The van der Waals surface area contributed by atoms with Crippen LogP contribution >= 0.6 is 0 Å². The minimum atomic E-state index is -0.277. The summed E-state index contributed by atoms with van der Waals surface area (Å²) >= 11 is 0. The van der Waals surface area contributed by atoms with Crippen molar-refractivity contribution < 1.29 is 13.9 Å². The van der Waals surface area contributed by atoms with Crippen molar-refractivity contribution in [3.8, 4) is 23.3 Å². The number of rotatable bonds is 4. The molecular weight excluding hydrogens is 219 g/mol. The van der Waals surface area contributed by atoms with Gasteiger partial charge in [0.2, 0.25) is 0 Å². The summed E-state index contributed by atoms with van der Waals surface area (Å²) in [6.45, 7) is 1.99. The molecule has 0 N–H and O–H groups in total. The molecule has 0 aliphatic rings. The van der Waals surface area contributed by atoms with Gasteiger partial charge in [-0.05, 0) is 18.1 Å². The van der Waals surface area contributed by atoms with Gasteiger partial charge in [0, 0.05) is 18.9 Å². The summed E-state index contributed by atoms with van der Waals surface area (Å²) in [5.41, 5.74) is 0.605. The second-order valence-corrected chi connectivity index (χ2v) is 3.51. The van der Waals surface area contributed by atoms with Gasteiger partial charge in [0.05, 0.1) is 14.2 Å². The molecule has 0 heterocycles. The summed E-state index contributed by atoms with van der Waals surface area (Å²) in [5.74, 6) is 6.63. The van der Waals surface area contributed by atoms with E-state index in [0.29, 0.717) is 29.9 Å². The van der Waals surface area contributed by atoms with Crippen LogP contribution in [0.4, 0.5) is 4.39 Å². The van der Waals surface area contributed by atoms with Gasteiger partial charge in [-0.3, -0.25) is 0 Å². The van der Waals surface area contributed by atoms with Crippen molar-refractivity contribution in [1.82, 2.24) is 0 Å². The Balaban J connectivity index is 2.85. The summed E-state index contributed by atoms with van der Waals surface area (Å²) in [6.07, 6.45) is 2.06. The van der Waals surface area contributed by atoms with Crippen molar-refractivity contribution in [3.05, 3.63) is 23.5 Å². The Labute approximate surface area is 102 Å². The minimum Gasteiger partial charge on any atom is -0.493 e. The molecule has 1 rings (SSSR count). The van der Waals surface area contributed by atoms with Crippen LogP contribution in [0, 0.1) is 17.7 Å². The topological polar surface area (TPSA) is 18.5 Å². The van der Waals surface area contributed by atoms with Crippen LogP contribution < -0.4 is 9.47 Å². The lowest BCUT2D eigenvalue weighted by Gasteiger charge is -2.10. The van der Waals surface area contributed by atoms with Crippen LogP contribution in [0.1, 0.15) is 25.3 Å². The highest BCUT2D eigenvalue weighted by Crippen LogP contribution is 2.30. The molecular formula is C14H17FO2. The Bertz CT molecular complexity index is 430. The van der Waals surface area contributed by atoms with E-state index in [0.717, 1.165) is 6.42 Å². The first-order valence-electron chi connectivity index (χ1n) is 5.59. The molecule has 0 saturated heterocycles. The Morgan fingerprint density at radius 2 is 1.76 bits per heavy atom. The summed E-state index contributed by atoms with van der Waals surface area (Å²) < 4.78 is 23.8. The van der Waals surface area contributed by atoms with Crippen molar-refractivity contribution in [1.29, 1.82) is 0 Å². The number of methoxy groups -OCH3 is 2. The molecule has 92 valence electrons. The highest BCUT2D eigenvalue weighted by Gasteiger charge is 2.10. The Kier molecular flexibility index (Phi) is 5.35. The largest absolute Gasteiger partial charge is 0.493 e. The zero-order chi connectivity index (χ0) is 12.7. The van der Waals surface area contributed by atoms with Gasteiger partial charge in [0.25, 0.3) is 0 Å². The van der Waals surface area contributed by atoms with Crippen molar-refractivity contribution in [3.63, 3.8) is 0 Å². The highest BCUT2D eigenvalue weighted by atomic mass is 19.1. The first-order valence-corrected chi connectivity index (χ1v) is 5.59. The van der Waals surface area contributed by atoms with Gasteiger partial charge in [-0.25, -0.2) is 4.39 Å². The average Bonchev–Trinajstić information content (AvgIpc) is 2.35. The molecule has 0 bridgehead atoms. The average molecular weight is 236 g/mol. The highest BCUT2D eigenvalue weighted by molar-refractivity contribution is 5.43. The van der Waals surface area contributed by atoms with E-state index in [-0.39, 0.29) is 5.82 Å². The summed E-state index contributed by atoms with van der Waals surface area (Å²) in [5, 5.41) is 0. The number of hydrogen-bond acceptors (Lipinski definition) is 2. The molecule has 1 aromatic carbocycles. The third-order valence-electron chi connectivity index (χ3n) is 2.37. The summed E-state index contributed by atoms with van der Waals surface area (Å²) in [7, 11) is 3.03. The van der Waals surface area contributed by atoms with Crippen molar-refractivity contribution in [2.45, 2.75) is 26.2 Å². The first-order chi connectivity index (χ1) is 8.22. The SMILES string of the molecule is CCC#CCCc1cc(OC)c(OC)cc1F. The summed E-state index contributed by atoms with van der Waals surface area (Å²) in [6, 6.07) is 3.02. The van der Waals surface area contributed by atoms with Gasteiger partial charge in [0.15, 0.2) is 11.5 Å². The lowest BCUT2D eigenvalue weighted by atomic mass is 10.1. The first kappa shape index (κ1) is 13.4. The van der Waals surface area contributed by atoms with Gasteiger partial charge in [-0.15, -0.1) is 11.8 Å². The van der Waals surface area contributed by atoms with Gasteiger partial charge in [-0.2, -0.15) is 0 Å². The fourth-order valence-corrected chi connectivity index (χ4v) is 1.50. The van der Waals surface area contributed by atoms with Gasteiger partial charge in [0.1, 0.15) is 5.82 Å². The van der Waals surface area contributed by atoms with Crippen LogP contribution in [0.15, 0.2) is 12.1 Å². The second-order valence-electron chi connectivity index (χ2n) is 3.51. The fourth-order valence-electron chi connectivity index (χ4n) is 1.50. The van der Waals surface area contributed by atoms with Crippen LogP contribution in [0.25, 0.3) is 0 Å². The zero-order valence-electron chi connectivity index (χ0n) is 10.5. The molecule has 0 atom stereocenters. The van der Waals surface area contributed by atoms with Crippen LogP contribution in [-0.2, 0) is 6.42 Å². The Hall–Kier alpha value is -1.69. The van der Waals surface area contributed by atoms with Crippen LogP contribution in [0.5, 0.6) is 11.5 Å². The molecule has 0 unspecified atom stereocenters. The molecule has 0 fully saturated rings. The quantitative estimate of drug-likeness (QED) is 0.747. The molecule has 0 radical (unpaired) electrons. The standard InChI is InChI=1S/C14H17FO2/c1-4-5-6-7-8-11-9-13(16-2)14(17-3)10-12(11)15/h9-10H,4,7-8H2,1-3H3. The van der Waals surface area contributed by atoms with E-state index in [1.165, 1.54) is 20.3 Å². The van der Waals surface area contributed by atoms with Crippen LogP contribution in [-0.4, -0.2) is 14.2 Å². The van der Waals surface area contributed by atoms with Crippen LogP contribution in [0.2, 0.25) is 0 Å². The molecule has 2 nitrogen and oxygen atoms in total. The smallest absolute Gasteiger partial charge is 0.163 e. The predicted octanol–water partition coefficient (Wildman–Crippen LogP) is 3.19. The fraction of sp³-hybridized carbons (Fsp3) is 0.429. The number of hydrogen-bond donors (Lipinski definition) is 0. The lowest BCUT2D eigenvalue weighted by Crippen LogP contribution is -1.96. The summed E-state index contributed by atoms with van der Waals surface area (Å²) in [4.78, 5) is 0. The maximum Gasteiger partial charge on any atom is 0.163 e. The third-order valence-corrected chi connectivity index (χ3v) is 2.37. The molecule has 3 heteroatoms. The van der Waals surface area contributed by atoms with Gasteiger partial charge >= 0.3 is 0 Å². The maximum absolute atomic E-state index is 13.7. The molecule has 0 amide bonds. The Morgan fingerprint density at radius 3 is 2.35 bits per heavy atom. The number of benzene rings is 1. The minimum absolute atomic E-state index is 0.277. The molecule has 0 aromatic heterocycles. The van der Waals surface area contributed by atoms with E-state index in [1.54, 1.807) is 6.07 Å².